The Morgan fingerprint density at radius 2 is 1.52 bits per heavy atom. The number of aryl methyl sites for hydroxylation is 1. The predicted molar refractivity (Wildman–Crippen MR) is 209 cm³/mol. The monoisotopic (exact) mass is 875 g/mol. The number of benzene rings is 2. The van der Waals surface area contributed by atoms with Crippen LogP contribution in [0.2, 0.25) is 0 Å². The Balaban J connectivity index is 0.000000251. The van der Waals surface area contributed by atoms with E-state index in [4.69, 9.17) is 4.98 Å². The Bertz CT molecular complexity index is 2100. The van der Waals surface area contributed by atoms with Gasteiger partial charge in [0.15, 0.2) is 5.78 Å². The zero-order chi connectivity index (χ0) is 34.3. The molecular formula is C41H48IrNO2S3-. The van der Waals surface area contributed by atoms with E-state index in [1.54, 1.807) is 0 Å². The smallest absolute Gasteiger partial charge is 0.164 e. The SMILES string of the molecule is CCC(C)(CC)C(=O)/C=C(\O)C(C)(CC)CC.Cc1csc2ccc3c4ccnc(-c5[c-]c6ccsc6c(C(C)(C)C)c5)c4sc3c12.[Ir]. The van der Waals surface area contributed by atoms with E-state index in [2.05, 4.69) is 74.9 Å². The van der Waals surface area contributed by atoms with Gasteiger partial charge in [0.1, 0.15) is 5.76 Å². The minimum atomic E-state index is -0.337. The summed E-state index contributed by atoms with van der Waals surface area (Å²) in [5, 5.41) is 19.8. The molecule has 0 fully saturated rings. The number of carbonyl (C=O) groups excluding carboxylic acids is 1. The molecule has 0 aliphatic rings. The first-order valence-electron chi connectivity index (χ1n) is 16.8. The van der Waals surface area contributed by atoms with Gasteiger partial charge in [0.25, 0.3) is 0 Å². The number of rotatable bonds is 8. The third-order valence-corrected chi connectivity index (χ3v) is 13.7. The van der Waals surface area contributed by atoms with Gasteiger partial charge in [-0.2, -0.15) is 11.3 Å². The average molecular weight is 875 g/mol. The first-order chi connectivity index (χ1) is 22.2. The minimum Gasteiger partial charge on any atom is -0.512 e. The molecule has 3 nitrogen and oxygen atoms in total. The van der Waals surface area contributed by atoms with Crippen molar-refractivity contribution in [2.45, 2.75) is 100 Å². The fourth-order valence-corrected chi connectivity index (χ4v) is 9.50. The summed E-state index contributed by atoms with van der Waals surface area (Å²) in [6, 6.07) is 14.9. The maximum atomic E-state index is 12.2. The summed E-state index contributed by atoms with van der Waals surface area (Å²) in [5.74, 6) is 0.286. The number of aromatic nitrogens is 1. The molecule has 4 heterocycles. The molecule has 0 atom stereocenters. The van der Waals surface area contributed by atoms with Gasteiger partial charge in [0.2, 0.25) is 0 Å². The second-order valence-electron chi connectivity index (χ2n) is 14.3. The van der Waals surface area contributed by atoms with Crippen molar-refractivity contribution < 1.29 is 30.0 Å². The number of nitrogens with zero attached hydrogens (tertiary/aromatic N) is 1. The maximum absolute atomic E-state index is 12.2. The van der Waals surface area contributed by atoms with Gasteiger partial charge in [-0.25, -0.2) is 0 Å². The number of allylic oxidation sites excluding steroid dienone is 2. The van der Waals surface area contributed by atoms with Crippen LogP contribution in [0.1, 0.15) is 99.1 Å². The van der Waals surface area contributed by atoms with E-state index < -0.39 is 0 Å². The van der Waals surface area contributed by atoms with Gasteiger partial charge < -0.3 is 5.11 Å². The fourth-order valence-electron chi connectivity index (χ4n) is 6.00. The maximum Gasteiger partial charge on any atom is 0.164 e. The summed E-state index contributed by atoms with van der Waals surface area (Å²) >= 11 is 5.52. The Labute approximate surface area is 311 Å². The van der Waals surface area contributed by atoms with Crippen LogP contribution in [0.5, 0.6) is 0 Å². The van der Waals surface area contributed by atoms with E-state index in [1.165, 1.54) is 57.5 Å². The first kappa shape index (κ1) is 38.4. The van der Waals surface area contributed by atoms with Crippen molar-refractivity contribution in [2.24, 2.45) is 10.8 Å². The molecule has 0 spiro atoms. The van der Waals surface area contributed by atoms with Crippen molar-refractivity contribution in [3.8, 4) is 11.3 Å². The number of carbonyl (C=O) groups is 1. The van der Waals surface area contributed by atoms with Crippen LogP contribution in [0, 0.1) is 23.8 Å². The second-order valence-corrected chi connectivity index (χ2v) is 17.2. The molecule has 4 aromatic heterocycles. The number of hydrogen-bond donors (Lipinski definition) is 1. The molecule has 1 N–H and O–H groups in total. The van der Waals surface area contributed by atoms with E-state index in [1.807, 2.05) is 81.7 Å². The van der Waals surface area contributed by atoms with Crippen LogP contribution in [-0.2, 0) is 30.3 Å². The van der Waals surface area contributed by atoms with Crippen molar-refractivity contribution in [3.05, 3.63) is 76.3 Å². The predicted octanol–water partition coefficient (Wildman–Crippen LogP) is 13.6. The van der Waals surface area contributed by atoms with Gasteiger partial charge in [-0.05, 0) is 76.6 Å². The Morgan fingerprint density at radius 1 is 0.875 bits per heavy atom. The van der Waals surface area contributed by atoms with Crippen molar-refractivity contribution in [2.75, 3.05) is 0 Å². The third kappa shape index (κ3) is 7.09. The van der Waals surface area contributed by atoms with Crippen LogP contribution in [0.3, 0.4) is 0 Å². The molecule has 0 aliphatic carbocycles. The number of thiophene rings is 3. The molecule has 0 bridgehead atoms. The van der Waals surface area contributed by atoms with E-state index in [9.17, 15) is 9.90 Å². The quantitative estimate of drug-likeness (QED) is 0.0941. The van der Waals surface area contributed by atoms with Crippen molar-refractivity contribution in [1.82, 2.24) is 4.98 Å². The van der Waals surface area contributed by atoms with Gasteiger partial charge >= 0.3 is 0 Å². The van der Waals surface area contributed by atoms with E-state index >= 15 is 0 Å². The molecule has 0 saturated heterocycles. The van der Waals surface area contributed by atoms with E-state index in [0.29, 0.717) is 0 Å². The van der Waals surface area contributed by atoms with Crippen LogP contribution in [-0.4, -0.2) is 15.9 Å². The third-order valence-electron chi connectivity index (χ3n) is 10.4. The number of aliphatic hydroxyl groups is 1. The fraction of sp³-hybridized carbons (Fsp3) is 0.415. The van der Waals surface area contributed by atoms with Crippen LogP contribution in [0.4, 0.5) is 0 Å². The Hall–Kier alpha value is -2.41. The van der Waals surface area contributed by atoms with E-state index in [-0.39, 0.29) is 47.9 Å². The van der Waals surface area contributed by atoms with Crippen LogP contribution in [0.25, 0.3) is 51.6 Å². The minimum absolute atomic E-state index is 0. The molecule has 6 rings (SSSR count). The zero-order valence-corrected chi connectivity index (χ0v) is 34.7. The Morgan fingerprint density at radius 3 is 2.15 bits per heavy atom. The molecule has 2 aromatic carbocycles. The Kier molecular flexibility index (Phi) is 11.9. The van der Waals surface area contributed by atoms with E-state index in [0.717, 1.165) is 36.9 Å². The number of hydrogen-bond acceptors (Lipinski definition) is 6. The zero-order valence-electron chi connectivity index (χ0n) is 29.9. The molecule has 0 saturated carbocycles. The molecule has 7 heteroatoms. The summed E-state index contributed by atoms with van der Waals surface area (Å²) in [4.78, 5) is 17.0. The second kappa shape index (κ2) is 14.8. The van der Waals surface area contributed by atoms with Crippen molar-refractivity contribution >= 4 is 80.1 Å². The largest absolute Gasteiger partial charge is 0.512 e. The molecule has 257 valence electrons. The normalized spacial score (nSPS) is 12.8. The van der Waals surface area contributed by atoms with Gasteiger partial charge in [-0.1, -0.05) is 79.5 Å². The molecule has 48 heavy (non-hydrogen) atoms. The van der Waals surface area contributed by atoms with Crippen LogP contribution >= 0.6 is 34.0 Å². The van der Waals surface area contributed by atoms with Gasteiger partial charge in [0, 0.05) is 73.8 Å². The number of ketones is 1. The molecule has 6 aromatic rings. The van der Waals surface area contributed by atoms with Crippen molar-refractivity contribution in [1.29, 1.82) is 0 Å². The van der Waals surface area contributed by atoms with Crippen LogP contribution < -0.4 is 0 Å². The standard InChI is InChI=1S/C26H20NS3.C15H28O2.Ir/c1-14-13-29-20-6-5-17-18-7-9-27-22(25(18)30-24(17)21(14)20)16-11-15-8-10-28-23(15)19(12-16)26(2,3)4;1-7-14(5,8-2)12(16)11-13(17)15(6,9-3)10-4;/h5-10,12-13H,1-4H3;11,16H,7-10H2,1-6H3;/q-1;;/b;12-11-;. The topological polar surface area (TPSA) is 50.2 Å². The molecule has 0 amide bonds. The molecule has 0 unspecified atom stereocenters. The summed E-state index contributed by atoms with van der Waals surface area (Å²) in [7, 11) is 0. The average Bonchev–Trinajstić information content (AvgIpc) is 3.79. The number of aliphatic hydroxyl groups excluding tert-OH is 1. The van der Waals surface area contributed by atoms with Crippen LogP contribution in [0.15, 0.2) is 59.1 Å². The van der Waals surface area contributed by atoms with Gasteiger partial charge in [-0.3, -0.25) is 9.78 Å². The number of pyridine rings is 1. The molecule has 1 radical (unpaired) electrons. The summed E-state index contributed by atoms with van der Waals surface area (Å²) in [6.45, 7) is 21.2. The summed E-state index contributed by atoms with van der Waals surface area (Å²) in [6.07, 6.45) is 6.71. The first-order valence-corrected chi connectivity index (χ1v) is 19.4. The number of fused-ring (bicyclic) bond motifs is 6. The molecule has 0 aliphatic heterocycles. The summed E-state index contributed by atoms with van der Waals surface area (Å²) < 4.78 is 5.34. The van der Waals surface area contributed by atoms with Gasteiger partial charge in [0.05, 0.1) is 0 Å². The molecular weight excluding hydrogens is 827 g/mol. The van der Waals surface area contributed by atoms with Gasteiger partial charge in [-0.15, -0.1) is 46.3 Å². The summed E-state index contributed by atoms with van der Waals surface area (Å²) in [5.41, 5.74) is 4.35. The van der Waals surface area contributed by atoms with Crippen molar-refractivity contribution in [3.63, 3.8) is 0 Å².